The average Bonchev–Trinajstić information content (AvgIpc) is 3.42. The summed E-state index contributed by atoms with van der Waals surface area (Å²) in [5.41, 5.74) is 2.61. The zero-order valence-electron chi connectivity index (χ0n) is 18.7. The van der Waals surface area contributed by atoms with E-state index in [2.05, 4.69) is 70.7 Å². The molecule has 164 valence electrons. The molecule has 0 atom stereocenters. The summed E-state index contributed by atoms with van der Waals surface area (Å²) in [6.45, 7) is 12.0. The highest BCUT2D eigenvalue weighted by Crippen LogP contribution is 2.14. The number of hydrogen-bond donors (Lipinski definition) is 2. The zero-order valence-corrected chi connectivity index (χ0v) is 18.7. The van der Waals surface area contributed by atoms with E-state index in [0.717, 1.165) is 44.3 Å². The number of aliphatic imine (C=N–C) groups is 1. The van der Waals surface area contributed by atoms with E-state index in [1.807, 2.05) is 0 Å². The summed E-state index contributed by atoms with van der Waals surface area (Å²) in [5, 5.41) is 10.7. The lowest BCUT2D eigenvalue weighted by Crippen LogP contribution is -2.37. The van der Waals surface area contributed by atoms with Crippen LogP contribution in [0.3, 0.4) is 0 Å². The summed E-state index contributed by atoms with van der Waals surface area (Å²) in [6.07, 6.45) is 4.35. The minimum atomic E-state index is 0.294. The van der Waals surface area contributed by atoms with E-state index < -0.39 is 0 Å². The van der Waals surface area contributed by atoms with Crippen LogP contribution in [0, 0.1) is 0 Å². The Kier molecular flexibility index (Phi) is 8.68. The third-order valence-electron chi connectivity index (χ3n) is 5.25. The van der Waals surface area contributed by atoms with Gasteiger partial charge in [0.1, 0.15) is 0 Å². The quantitative estimate of drug-likeness (QED) is 0.353. The van der Waals surface area contributed by atoms with Crippen molar-refractivity contribution >= 4 is 5.96 Å². The number of hydrogen-bond acceptors (Lipinski definition) is 5. The molecule has 7 nitrogen and oxygen atoms in total. The number of rotatable bonds is 10. The Labute approximate surface area is 180 Å². The first-order chi connectivity index (χ1) is 14.6. The lowest BCUT2D eigenvalue weighted by atomic mass is 10.1. The lowest BCUT2D eigenvalue weighted by molar-refractivity contribution is 0.331. The Morgan fingerprint density at radius 2 is 1.87 bits per heavy atom. The molecule has 1 fully saturated rings. The van der Waals surface area contributed by atoms with E-state index in [-0.39, 0.29) is 0 Å². The van der Waals surface area contributed by atoms with Crippen LogP contribution in [-0.2, 0) is 19.5 Å². The molecule has 2 aromatic rings. The van der Waals surface area contributed by atoms with Crippen LogP contribution >= 0.6 is 0 Å². The molecular weight excluding hydrogens is 376 g/mol. The molecule has 1 saturated heterocycles. The van der Waals surface area contributed by atoms with E-state index in [4.69, 9.17) is 9.52 Å². The van der Waals surface area contributed by atoms with Crippen LogP contribution in [0.4, 0.5) is 0 Å². The van der Waals surface area contributed by atoms with Gasteiger partial charge in [0.2, 0.25) is 5.89 Å². The number of nitrogens with one attached hydrogen (secondary N) is 2. The SMILES string of the molecule is CCNC(=NCc1ccc(CN2CCCC2)cc1)NCCCc1nc(C(C)C)no1. The van der Waals surface area contributed by atoms with Crippen LogP contribution in [0.2, 0.25) is 0 Å². The van der Waals surface area contributed by atoms with Crippen LogP contribution < -0.4 is 10.6 Å². The fourth-order valence-electron chi connectivity index (χ4n) is 3.51. The van der Waals surface area contributed by atoms with Crippen LogP contribution in [-0.4, -0.2) is 47.2 Å². The highest BCUT2D eigenvalue weighted by molar-refractivity contribution is 5.79. The first kappa shape index (κ1) is 22.3. The molecule has 1 aliphatic heterocycles. The summed E-state index contributed by atoms with van der Waals surface area (Å²) in [7, 11) is 0. The normalized spacial score (nSPS) is 15.1. The lowest BCUT2D eigenvalue weighted by Gasteiger charge is -2.14. The van der Waals surface area contributed by atoms with Gasteiger partial charge in [0.05, 0.1) is 6.54 Å². The minimum absolute atomic E-state index is 0.294. The Balaban J connectivity index is 1.42. The van der Waals surface area contributed by atoms with Gasteiger partial charge >= 0.3 is 0 Å². The molecule has 1 aromatic carbocycles. The second-order valence-corrected chi connectivity index (χ2v) is 8.23. The molecule has 0 saturated carbocycles. The van der Waals surface area contributed by atoms with Crippen molar-refractivity contribution in [1.29, 1.82) is 0 Å². The van der Waals surface area contributed by atoms with Crippen molar-refractivity contribution in [2.24, 2.45) is 4.99 Å². The molecule has 0 bridgehead atoms. The van der Waals surface area contributed by atoms with Crippen LogP contribution in [0.25, 0.3) is 0 Å². The topological polar surface area (TPSA) is 78.6 Å². The van der Waals surface area contributed by atoms with Gasteiger partial charge in [-0.15, -0.1) is 0 Å². The number of aryl methyl sites for hydroxylation is 1. The highest BCUT2D eigenvalue weighted by atomic mass is 16.5. The van der Waals surface area contributed by atoms with Crippen molar-refractivity contribution in [3.8, 4) is 0 Å². The van der Waals surface area contributed by atoms with Crippen LogP contribution in [0.1, 0.15) is 68.8 Å². The van der Waals surface area contributed by atoms with E-state index in [0.29, 0.717) is 18.4 Å². The van der Waals surface area contributed by atoms with Crippen LogP contribution in [0.5, 0.6) is 0 Å². The van der Waals surface area contributed by atoms with Crippen molar-refractivity contribution in [3.63, 3.8) is 0 Å². The molecule has 0 spiro atoms. The Bertz CT molecular complexity index is 777. The van der Waals surface area contributed by atoms with Gasteiger partial charge in [0.15, 0.2) is 11.8 Å². The molecular formula is C23H36N6O. The standard InChI is InChI=1S/C23H36N6O/c1-4-24-23(25-13-7-8-21-27-22(18(2)3)28-30-21)26-16-19-9-11-20(12-10-19)17-29-14-5-6-15-29/h9-12,18H,4-8,13-17H2,1-3H3,(H2,24,25,26). The molecule has 0 unspecified atom stereocenters. The summed E-state index contributed by atoms with van der Waals surface area (Å²) >= 11 is 0. The van der Waals surface area contributed by atoms with Crippen molar-refractivity contribution in [1.82, 2.24) is 25.7 Å². The molecule has 1 aliphatic rings. The van der Waals surface area contributed by atoms with Crippen molar-refractivity contribution in [2.45, 2.75) is 65.5 Å². The fraction of sp³-hybridized carbons (Fsp3) is 0.609. The van der Waals surface area contributed by atoms with Gasteiger partial charge in [-0.1, -0.05) is 43.3 Å². The molecule has 1 aromatic heterocycles. The molecule has 7 heteroatoms. The van der Waals surface area contributed by atoms with Gasteiger partial charge < -0.3 is 15.2 Å². The molecule has 0 amide bonds. The van der Waals surface area contributed by atoms with Crippen LogP contribution in [0.15, 0.2) is 33.8 Å². The van der Waals surface area contributed by atoms with Gasteiger partial charge in [0.25, 0.3) is 0 Å². The minimum Gasteiger partial charge on any atom is -0.357 e. The van der Waals surface area contributed by atoms with E-state index in [1.54, 1.807) is 0 Å². The second-order valence-electron chi connectivity index (χ2n) is 8.23. The molecule has 0 aliphatic carbocycles. The molecule has 0 radical (unpaired) electrons. The maximum atomic E-state index is 5.30. The number of nitrogens with zero attached hydrogens (tertiary/aromatic N) is 4. The number of likely N-dealkylation sites (tertiary alicyclic amines) is 1. The largest absolute Gasteiger partial charge is 0.357 e. The molecule has 30 heavy (non-hydrogen) atoms. The maximum Gasteiger partial charge on any atom is 0.226 e. The number of guanidine groups is 1. The third-order valence-corrected chi connectivity index (χ3v) is 5.25. The van der Waals surface area contributed by atoms with Gasteiger partial charge in [-0.3, -0.25) is 4.90 Å². The number of benzene rings is 1. The fourth-order valence-corrected chi connectivity index (χ4v) is 3.51. The van der Waals surface area contributed by atoms with Gasteiger partial charge in [-0.05, 0) is 50.4 Å². The van der Waals surface area contributed by atoms with Gasteiger partial charge in [-0.25, -0.2) is 4.99 Å². The van der Waals surface area contributed by atoms with E-state index in [1.165, 1.54) is 37.1 Å². The van der Waals surface area contributed by atoms with Gasteiger partial charge in [-0.2, -0.15) is 4.98 Å². The molecule has 3 rings (SSSR count). The highest BCUT2D eigenvalue weighted by Gasteiger charge is 2.11. The summed E-state index contributed by atoms with van der Waals surface area (Å²) in [5.74, 6) is 2.62. The van der Waals surface area contributed by atoms with Gasteiger partial charge in [0, 0.05) is 32.0 Å². The third kappa shape index (κ3) is 7.13. The van der Waals surface area contributed by atoms with E-state index in [9.17, 15) is 0 Å². The monoisotopic (exact) mass is 412 g/mol. The smallest absolute Gasteiger partial charge is 0.226 e. The predicted octanol–water partition coefficient (Wildman–Crippen LogP) is 3.48. The molecule has 2 heterocycles. The molecule has 2 N–H and O–H groups in total. The van der Waals surface area contributed by atoms with Crippen molar-refractivity contribution < 1.29 is 4.52 Å². The first-order valence-corrected chi connectivity index (χ1v) is 11.3. The Morgan fingerprint density at radius 3 is 2.53 bits per heavy atom. The van der Waals surface area contributed by atoms with Crippen molar-refractivity contribution in [2.75, 3.05) is 26.2 Å². The Morgan fingerprint density at radius 1 is 1.13 bits per heavy atom. The Hall–Kier alpha value is -2.41. The number of aromatic nitrogens is 2. The first-order valence-electron chi connectivity index (χ1n) is 11.3. The maximum absolute atomic E-state index is 5.30. The average molecular weight is 413 g/mol. The van der Waals surface area contributed by atoms with Crippen molar-refractivity contribution in [3.05, 3.63) is 47.1 Å². The second kappa shape index (κ2) is 11.7. The zero-order chi connectivity index (χ0) is 21.2. The van der Waals surface area contributed by atoms with E-state index >= 15 is 0 Å². The summed E-state index contributed by atoms with van der Waals surface area (Å²) in [6, 6.07) is 8.86. The summed E-state index contributed by atoms with van der Waals surface area (Å²) < 4.78 is 5.30. The predicted molar refractivity (Wildman–Crippen MR) is 120 cm³/mol. The summed E-state index contributed by atoms with van der Waals surface area (Å²) in [4.78, 5) is 11.7.